The SMILES string of the molecule is OC[C@H](O)[C@]1(O)OC[C@H](O)[C@H]1O. The Bertz CT molecular complexity index is 162. The van der Waals surface area contributed by atoms with E-state index in [2.05, 4.69) is 4.74 Å². The van der Waals surface area contributed by atoms with Gasteiger partial charge in [-0.1, -0.05) is 0 Å². The van der Waals surface area contributed by atoms with E-state index in [1.807, 2.05) is 0 Å². The molecule has 0 bridgehead atoms. The molecule has 1 aliphatic rings. The number of aliphatic hydroxyl groups excluding tert-OH is 4. The number of aliphatic hydroxyl groups is 5. The van der Waals surface area contributed by atoms with Crippen molar-refractivity contribution in [1.29, 1.82) is 0 Å². The van der Waals surface area contributed by atoms with Gasteiger partial charge in [0, 0.05) is 0 Å². The molecule has 1 heterocycles. The van der Waals surface area contributed by atoms with Gasteiger partial charge in [-0.25, -0.2) is 0 Å². The summed E-state index contributed by atoms with van der Waals surface area (Å²) in [6.07, 6.45) is -4.46. The van der Waals surface area contributed by atoms with E-state index in [9.17, 15) is 5.11 Å². The largest absolute Gasteiger partial charge is 0.393 e. The van der Waals surface area contributed by atoms with Crippen LogP contribution in [0.25, 0.3) is 0 Å². The number of hydrogen-bond acceptors (Lipinski definition) is 6. The summed E-state index contributed by atoms with van der Waals surface area (Å²) in [5, 5.41) is 44.9. The molecule has 0 unspecified atom stereocenters. The number of ether oxygens (including phenoxy) is 1. The second kappa shape index (κ2) is 3.25. The van der Waals surface area contributed by atoms with Gasteiger partial charge in [-0.3, -0.25) is 0 Å². The van der Waals surface area contributed by atoms with Gasteiger partial charge in [0.2, 0.25) is 5.79 Å². The van der Waals surface area contributed by atoms with Crippen molar-refractivity contribution in [3.63, 3.8) is 0 Å². The zero-order chi connectivity index (χ0) is 9.35. The van der Waals surface area contributed by atoms with Gasteiger partial charge >= 0.3 is 0 Å². The lowest BCUT2D eigenvalue weighted by Gasteiger charge is -2.29. The summed E-state index contributed by atoms with van der Waals surface area (Å²) in [4.78, 5) is 0. The van der Waals surface area contributed by atoms with E-state index >= 15 is 0 Å². The lowest BCUT2D eigenvalue weighted by molar-refractivity contribution is -0.271. The smallest absolute Gasteiger partial charge is 0.224 e. The third kappa shape index (κ3) is 1.33. The second-order valence-corrected chi connectivity index (χ2v) is 2.77. The first kappa shape index (κ1) is 9.85. The van der Waals surface area contributed by atoms with Crippen molar-refractivity contribution in [3.05, 3.63) is 0 Å². The number of hydrogen-bond donors (Lipinski definition) is 5. The normalized spacial score (nSPS) is 44.8. The molecule has 6 nitrogen and oxygen atoms in total. The molecule has 12 heavy (non-hydrogen) atoms. The third-order valence-corrected chi connectivity index (χ3v) is 1.92. The highest BCUT2D eigenvalue weighted by Crippen LogP contribution is 2.27. The standard InChI is InChI=1S/C6H12O6/c7-1-4(9)6(11)5(10)3(8)2-12-6/h3-5,7-11H,1-2H2/t3-,4-,5+,6-/m0/s1. The van der Waals surface area contributed by atoms with Crippen molar-refractivity contribution >= 4 is 0 Å². The Morgan fingerprint density at radius 1 is 1.50 bits per heavy atom. The van der Waals surface area contributed by atoms with Crippen LogP contribution in [-0.2, 0) is 4.74 Å². The van der Waals surface area contributed by atoms with E-state index in [-0.39, 0.29) is 6.61 Å². The molecule has 0 aromatic rings. The summed E-state index contributed by atoms with van der Waals surface area (Å²) >= 11 is 0. The van der Waals surface area contributed by atoms with Gasteiger partial charge in [0.15, 0.2) is 0 Å². The fraction of sp³-hybridized carbons (Fsp3) is 1.00. The van der Waals surface area contributed by atoms with Gasteiger partial charge in [-0.15, -0.1) is 0 Å². The molecule has 1 aliphatic heterocycles. The van der Waals surface area contributed by atoms with Crippen LogP contribution >= 0.6 is 0 Å². The van der Waals surface area contributed by atoms with Crippen LogP contribution < -0.4 is 0 Å². The van der Waals surface area contributed by atoms with Crippen LogP contribution in [0.2, 0.25) is 0 Å². The van der Waals surface area contributed by atoms with Gasteiger partial charge < -0.3 is 30.3 Å². The summed E-state index contributed by atoms with van der Waals surface area (Å²) in [6, 6.07) is 0. The molecule has 1 fully saturated rings. The van der Waals surface area contributed by atoms with Gasteiger partial charge in [0.1, 0.15) is 18.3 Å². The van der Waals surface area contributed by atoms with Crippen LogP contribution in [0.15, 0.2) is 0 Å². The van der Waals surface area contributed by atoms with Crippen LogP contribution in [0.4, 0.5) is 0 Å². The lowest BCUT2D eigenvalue weighted by atomic mass is 10.0. The molecule has 1 rings (SSSR count). The first-order valence-electron chi connectivity index (χ1n) is 3.53. The predicted molar refractivity (Wildman–Crippen MR) is 36.0 cm³/mol. The molecule has 4 atom stereocenters. The lowest BCUT2D eigenvalue weighted by Crippen LogP contribution is -2.53. The van der Waals surface area contributed by atoms with Crippen molar-refractivity contribution in [2.24, 2.45) is 0 Å². The van der Waals surface area contributed by atoms with Gasteiger partial charge in [-0.2, -0.15) is 0 Å². The number of rotatable bonds is 2. The molecule has 0 aromatic carbocycles. The molecular weight excluding hydrogens is 168 g/mol. The fourth-order valence-corrected chi connectivity index (χ4v) is 1.10. The van der Waals surface area contributed by atoms with Gasteiger partial charge in [-0.05, 0) is 0 Å². The van der Waals surface area contributed by atoms with Crippen molar-refractivity contribution in [2.75, 3.05) is 13.2 Å². The molecule has 0 spiro atoms. The quantitative estimate of drug-likeness (QED) is 0.306. The third-order valence-electron chi connectivity index (χ3n) is 1.92. The van der Waals surface area contributed by atoms with E-state index in [4.69, 9.17) is 20.4 Å². The second-order valence-electron chi connectivity index (χ2n) is 2.77. The first-order valence-corrected chi connectivity index (χ1v) is 3.53. The molecule has 6 heteroatoms. The van der Waals surface area contributed by atoms with E-state index in [0.29, 0.717) is 0 Å². The Morgan fingerprint density at radius 3 is 2.42 bits per heavy atom. The Hall–Kier alpha value is -0.240. The molecule has 0 aliphatic carbocycles. The summed E-state index contributed by atoms with van der Waals surface area (Å²) in [6.45, 7) is -1.02. The molecule has 0 saturated carbocycles. The topological polar surface area (TPSA) is 110 Å². The van der Waals surface area contributed by atoms with Crippen LogP contribution in [0.3, 0.4) is 0 Å². The highest BCUT2D eigenvalue weighted by atomic mass is 16.7. The maximum atomic E-state index is 9.36. The molecule has 1 saturated heterocycles. The van der Waals surface area contributed by atoms with Crippen molar-refractivity contribution in [1.82, 2.24) is 0 Å². The average Bonchev–Trinajstić information content (AvgIpc) is 2.33. The van der Waals surface area contributed by atoms with Crippen LogP contribution in [0, 0.1) is 0 Å². The van der Waals surface area contributed by atoms with Crippen LogP contribution in [0.1, 0.15) is 0 Å². The van der Waals surface area contributed by atoms with Crippen LogP contribution in [-0.4, -0.2) is 62.8 Å². The zero-order valence-corrected chi connectivity index (χ0v) is 6.29. The van der Waals surface area contributed by atoms with Gasteiger partial charge in [0.05, 0.1) is 13.2 Å². The van der Waals surface area contributed by atoms with E-state index in [0.717, 1.165) is 0 Å². The highest BCUT2D eigenvalue weighted by Gasteiger charge is 2.52. The first-order chi connectivity index (χ1) is 5.52. The fourth-order valence-electron chi connectivity index (χ4n) is 1.10. The maximum Gasteiger partial charge on any atom is 0.224 e. The summed E-state index contributed by atoms with van der Waals surface area (Å²) in [5.74, 6) is -2.26. The zero-order valence-electron chi connectivity index (χ0n) is 6.29. The van der Waals surface area contributed by atoms with Crippen LogP contribution in [0.5, 0.6) is 0 Å². The molecule has 5 N–H and O–H groups in total. The average molecular weight is 180 g/mol. The summed E-state index contributed by atoms with van der Waals surface area (Å²) in [5.41, 5.74) is 0. The summed E-state index contributed by atoms with van der Waals surface area (Å²) < 4.78 is 4.56. The molecule has 72 valence electrons. The maximum absolute atomic E-state index is 9.36. The Morgan fingerprint density at radius 2 is 2.08 bits per heavy atom. The van der Waals surface area contributed by atoms with Crippen molar-refractivity contribution in [3.8, 4) is 0 Å². The van der Waals surface area contributed by atoms with E-state index in [1.165, 1.54) is 0 Å². The predicted octanol–water partition coefficient (Wildman–Crippen LogP) is -3.22. The molecular formula is C6H12O6. The Labute approximate surface area is 68.6 Å². The summed E-state index contributed by atoms with van der Waals surface area (Å²) in [7, 11) is 0. The van der Waals surface area contributed by atoms with Crippen molar-refractivity contribution in [2.45, 2.75) is 24.1 Å². The van der Waals surface area contributed by atoms with E-state index in [1.54, 1.807) is 0 Å². The molecule has 0 amide bonds. The Kier molecular flexibility index (Phi) is 2.67. The van der Waals surface area contributed by atoms with Gasteiger partial charge in [0.25, 0.3) is 0 Å². The van der Waals surface area contributed by atoms with Crippen molar-refractivity contribution < 1.29 is 30.3 Å². The van der Waals surface area contributed by atoms with E-state index < -0.39 is 30.7 Å². The minimum atomic E-state index is -2.26. The minimum Gasteiger partial charge on any atom is -0.393 e. The molecule has 0 aromatic heterocycles. The highest BCUT2D eigenvalue weighted by molar-refractivity contribution is 4.94. The Balaban J connectivity index is 2.71. The minimum absolute atomic E-state index is 0.269. The molecule has 0 radical (unpaired) electrons. The monoisotopic (exact) mass is 180 g/mol.